The van der Waals surface area contributed by atoms with Gasteiger partial charge in [-0.2, -0.15) is 0 Å². The van der Waals surface area contributed by atoms with Gasteiger partial charge < -0.3 is 5.32 Å². The van der Waals surface area contributed by atoms with Crippen molar-refractivity contribution in [2.24, 2.45) is 22.7 Å². The van der Waals surface area contributed by atoms with Gasteiger partial charge in [0.2, 0.25) is 0 Å². The van der Waals surface area contributed by atoms with Crippen molar-refractivity contribution < 1.29 is 0 Å². The molecule has 0 heterocycles. The van der Waals surface area contributed by atoms with Crippen LogP contribution in [0, 0.1) is 22.7 Å². The zero-order valence-corrected chi connectivity index (χ0v) is 14.4. The van der Waals surface area contributed by atoms with E-state index in [1.807, 2.05) is 0 Å². The van der Waals surface area contributed by atoms with Crippen LogP contribution in [0.2, 0.25) is 0 Å². The van der Waals surface area contributed by atoms with Crippen LogP contribution in [0.15, 0.2) is 0 Å². The van der Waals surface area contributed by atoms with E-state index in [9.17, 15) is 0 Å². The second-order valence-electron chi connectivity index (χ2n) is 8.62. The van der Waals surface area contributed by atoms with Crippen molar-refractivity contribution in [2.45, 2.75) is 85.5 Å². The molecule has 0 aliphatic heterocycles. The SMILES string of the molecule is CCNCC1(C2CCCCC2)CCC(C(C)(C)C)CC1. The van der Waals surface area contributed by atoms with E-state index in [0.29, 0.717) is 10.8 Å². The molecule has 1 nitrogen and oxygen atoms in total. The molecule has 0 saturated heterocycles. The Morgan fingerprint density at radius 3 is 2.05 bits per heavy atom. The number of hydrogen-bond donors (Lipinski definition) is 1. The van der Waals surface area contributed by atoms with Crippen LogP contribution < -0.4 is 5.32 Å². The summed E-state index contributed by atoms with van der Waals surface area (Å²) in [5.41, 5.74) is 1.15. The van der Waals surface area contributed by atoms with Gasteiger partial charge in [0.15, 0.2) is 0 Å². The molecule has 2 saturated carbocycles. The molecule has 1 N–H and O–H groups in total. The average Bonchev–Trinajstić information content (AvgIpc) is 2.45. The third kappa shape index (κ3) is 3.78. The van der Waals surface area contributed by atoms with E-state index >= 15 is 0 Å². The van der Waals surface area contributed by atoms with Crippen molar-refractivity contribution in [1.29, 1.82) is 0 Å². The molecule has 2 aliphatic rings. The topological polar surface area (TPSA) is 12.0 Å². The van der Waals surface area contributed by atoms with Gasteiger partial charge in [0.25, 0.3) is 0 Å². The molecule has 0 spiro atoms. The summed E-state index contributed by atoms with van der Waals surface area (Å²) in [5.74, 6) is 1.96. The second-order valence-corrected chi connectivity index (χ2v) is 8.62. The molecular weight excluding hydrogens is 242 g/mol. The Morgan fingerprint density at radius 1 is 0.950 bits per heavy atom. The lowest BCUT2D eigenvalue weighted by Crippen LogP contribution is -2.45. The monoisotopic (exact) mass is 279 g/mol. The number of rotatable bonds is 4. The number of nitrogens with one attached hydrogen (secondary N) is 1. The molecule has 0 atom stereocenters. The van der Waals surface area contributed by atoms with E-state index in [0.717, 1.165) is 18.4 Å². The standard InChI is InChI=1S/C19H37N/c1-5-20-15-19(17-9-7-6-8-10-17)13-11-16(12-14-19)18(2,3)4/h16-17,20H,5-15H2,1-4H3. The maximum absolute atomic E-state index is 3.71. The Morgan fingerprint density at radius 2 is 1.55 bits per heavy atom. The average molecular weight is 280 g/mol. The first kappa shape index (κ1) is 16.3. The van der Waals surface area contributed by atoms with E-state index < -0.39 is 0 Å². The van der Waals surface area contributed by atoms with Crippen LogP contribution in [0.25, 0.3) is 0 Å². The van der Waals surface area contributed by atoms with E-state index in [2.05, 4.69) is 33.0 Å². The molecule has 0 radical (unpaired) electrons. The summed E-state index contributed by atoms with van der Waals surface area (Å²) in [4.78, 5) is 0. The molecule has 0 aromatic carbocycles. The maximum Gasteiger partial charge on any atom is 0.00104 e. The predicted molar refractivity (Wildman–Crippen MR) is 89.0 cm³/mol. The Bertz CT molecular complexity index is 275. The summed E-state index contributed by atoms with van der Waals surface area (Å²) in [6.45, 7) is 12.0. The summed E-state index contributed by atoms with van der Waals surface area (Å²) >= 11 is 0. The highest BCUT2D eigenvalue weighted by atomic mass is 14.9. The Kier molecular flexibility index (Phi) is 5.56. The smallest absolute Gasteiger partial charge is 0.00104 e. The minimum Gasteiger partial charge on any atom is -0.316 e. The Hall–Kier alpha value is -0.0400. The molecule has 0 aromatic rings. The van der Waals surface area contributed by atoms with E-state index in [4.69, 9.17) is 0 Å². The van der Waals surface area contributed by atoms with Crippen LogP contribution in [-0.4, -0.2) is 13.1 Å². The molecule has 2 fully saturated rings. The van der Waals surface area contributed by atoms with Crippen LogP contribution >= 0.6 is 0 Å². The van der Waals surface area contributed by atoms with Gasteiger partial charge in [-0.15, -0.1) is 0 Å². The summed E-state index contributed by atoms with van der Waals surface area (Å²) in [6, 6.07) is 0. The number of hydrogen-bond acceptors (Lipinski definition) is 1. The minimum atomic E-state index is 0.511. The van der Waals surface area contributed by atoms with Gasteiger partial charge in [-0.1, -0.05) is 47.0 Å². The van der Waals surface area contributed by atoms with Crippen molar-refractivity contribution in [2.75, 3.05) is 13.1 Å². The predicted octanol–water partition coefficient (Wildman–Crippen LogP) is 5.40. The van der Waals surface area contributed by atoms with Crippen molar-refractivity contribution in [3.05, 3.63) is 0 Å². The molecule has 118 valence electrons. The van der Waals surface area contributed by atoms with Gasteiger partial charge in [0, 0.05) is 6.54 Å². The molecule has 2 rings (SSSR count). The van der Waals surface area contributed by atoms with Gasteiger partial charge in [0.05, 0.1) is 0 Å². The highest BCUT2D eigenvalue weighted by molar-refractivity contribution is 4.95. The van der Waals surface area contributed by atoms with Gasteiger partial charge in [-0.05, 0) is 67.7 Å². The van der Waals surface area contributed by atoms with Crippen molar-refractivity contribution in [3.8, 4) is 0 Å². The molecule has 0 bridgehead atoms. The van der Waals surface area contributed by atoms with Crippen LogP contribution in [0.1, 0.15) is 85.5 Å². The molecule has 0 unspecified atom stereocenters. The van der Waals surface area contributed by atoms with Crippen LogP contribution in [0.5, 0.6) is 0 Å². The second kappa shape index (κ2) is 6.81. The first-order valence-corrected chi connectivity index (χ1v) is 9.19. The van der Waals surface area contributed by atoms with Gasteiger partial charge in [-0.3, -0.25) is 0 Å². The molecule has 0 aromatic heterocycles. The van der Waals surface area contributed by atoms with Crippen molar-refractivity contribution >= 4 is 0 Å². The normalized spacial score (nSPS) is 33.3. The van der Waals surface area contributed by atoms with E-state index in [-0.39, 0.29) is 0 Å². The highest BCUT2D eigenvalue weighted by Crippen LogP contribution is 2.52. The quantitative estimate of drug-likeness (QED) is 0.726. The fourth-order valence-electron chi connectivity index (χ4n) is 4.88. The third-order valence-corrected chi connectivity index (χ3v) is 6.40. The first-order chi connectivity index (χ1) is 9.48. The van der Waals surface area contributed by atoms with Gasteiger partial charge >= 0.3 is 0 Å². The molecule has 2 aliphatic carbocycles. The first-order valence-electron chi connectivity index (χ1n) is 9.19. The summed E-state index contributed by atoms with van der Waals surface area (Å²) in [5, 5.41) is 3.71. The summed E-state index contributed by atoms with van der Waals surface area (Å²) < 4.78 is 0. The van der Waals surface area contributed by atoms with Crippen LogP contribution in [0.4, 0.5) is 0 Å². The lowest BCUT2D eigenvalue weighted by atomic mass is 9.57. The largest absolute Gasteiger partial charge is 0.316 e. The minimum absolute atomic E-state index is 0.511. The van der Waals surface area contributed by atoms with E-state index in [1.165, 1.54) is 64.3 Å². The molecule has 20 heavy (non-hydrogen) atoms. The lowest BCUT2D eigenvalue weighted by molar-refractivity contribution is 0.0231. The summed E-state index contributed by atoms with van der Waals surface area (Å²) in [6.07, 6.45) is 13.4. The Balaban J connectivity index is 2.02. The van der Waals surface area contributed by atoms with Crippen molar-refractivity contribution in [3.63, 3.8) is 0 Å². The highest BCUT2D eigenvalue weighted by Gasteiger charge is 2.43. The van der Waals surface area contributed by atoms with Crippen LogP contribution in [-0.2, 0) is 0 Å². The fourth-order valence-corrected chi connectivity index (χ4v) is 4.88. The Labute approximate surface area is 127 Å². The van der Waals surface area contributed by atoms with Crippen molar-refractivity contribution in [1.82, 2.24) is 5.32 Å². The van der Waals surface area contributed by atoms with Crippen LogP contribution in [0.3, 0.4) is 0 Å². The zero-order chi connectivity index (χ0) is 14.6. The molecular formula is C19H37N. The molecule has 0 amide bonds. The molecule has 1 heteroatoms. The summed E-state index contributed by atoms with van der Waals surface area (Å²) in [7, 11) is 0. The van der Waals surface area contributed by atoms with Gasteiger partial charge in [-0.25, -0.2) is 0 Å². The van der Waals surface area contributed by atoms with E-state index in [1.54, 1.807) is 0 Å². The fraction of sp³-hybridized carbons (Fsp3) is 1.00. The maximum atomic E-state index is 3.71. The third-order valence-electron chi connectivity index (χ3n) is 6.40. The lowest BCUT2D eigenvalue weighted by Gasteiger charge is -2.49. The van der Waals surface area contributed by atoms with Gasteiger partial charge in [0.1, 0.15) is 0 Å². The zero-order valence-electron chi connectivity index (χ0n) is 14.4.